The lowest BCUT2D eigenvalue weighted by molar-refractivity contribution is -0.386. The van der Waals surface area contributed by atoms with Crippen molar-refractivity contribution < 1.29 is 19.2 Å². The van der Waals surface area contributed by atoms with Crippen LogP contribution in [0, 0.1) is 35.3 Å². The number of nitrogens with zero attached hydrogens (tertiary/aromatic N) is 1. The fraction of sp³-hybridized carbons (Fsp3) is 0.632. The molecule has 6 nitrogen and oxygen atoms in total. The molecule has 1 aromatic rings. The van der Waals surface area contributed by atoms with E-state index in [2.05, 4.69) is 15.9 Å². The standard InChI is InChI=1S/C19H28BrNO5/c1-12(2)11-26-18(22)19(5,6)8-7-9-25-17-13(3)10-15(20)14(4)16(17)21(23)24/h10,12H,7-9,11H2,1-6H3. The monoisotopic (exact) mass is 429 g/mol. The molecule has 0 saturated heterocycles. The zero-order valence-corrected chi connectivity index (χ0v) is 17.9. The van der Waals surface area contributed by atoms with Crippen molar-refractivity contribution in [3.63, 3.8) is 0 Å². The highest BCUT2D eigenvalue weighted by Crippen LogP contribution is 2.38. The summed E-state index contributed by atoms with van der Waals surface area (Å²) >= 11 is 3.34. The van der Waals surface area contributed by atoms with Gasteiger partial charge in [-0.2, -0.15) is 0 Å². The maximum absolute atomic E-state index is 12.2. The molecular weight excluding hydrogens is 402 g/mol. The molecule has 1 aromatic carbocycles. The fourth-order valence-corrected chi connectivity index (χ4v) is 3.00. The van der Waals surface area contributed by atoms with E-state index in [4.69, 9.17) is 9.47 Å². The Morgan fingerprint density at radius 2 is 1.96 bits per heavy atom. The molecule has 0 aliphatic rings. The van der Waals surface area contributed by atoms with Crippen molar-refractivity contribution in [3.8, 4) is 5.75 Å². The van der Waals surface area contributed by atoms with Crippen LogP contribution < -0.4 is 4.74 Å². The topological polar surface area (TPSA) is 78.7 Å². The molecule has 0 aliphatic heterocycles. The van der Waals surface area contributed by atoms with E-state index in [1.807, 2.05) is 33.8 Å². The summed E-state index contributed by atoms with van der Waals surface area (Å²) in [6.45, 7) is 11.8. The first kappa shape index (κ1) is 22.4. The second-order valence-corrected chi connectivity index (χ2v) is 8.42. The third-order valence-electron chi connectivity index (χ3n) is 4.11. The van der Waals surface area contributed by atoms with Gasteiger partial charge in [0, 0.05) is 10.0 Å². The van der Waals surface area contributed by atoms with E-state index in [1.54, 1.807) is 13.8 Å². The van der Waals surface area contributed by atoms with E-state index in [1.165, 1.54) is 0 Å². The minimum atomic E-state index is -0.616. The van der Waals surface area contributed by atoms with Crippen molar-refractivity contribution in [1.29, 1.82) is 0 Å². The number of hydrogen-bond donors (Lipinski definition) is 0. The van der Waals surface area contributed by atoms with Gasteiger partial charge in [-0.25, -0.2) is 0 Å². The molecule has 1 rings (SSSR count). The Bertz CT molecular complexity index is 670. The van der Waals surface area contributed by atoms with E-state index in [0.29, 0.717) is 47.6 Å². The lowest BCUT2D eigenvalue weighted by Crippen LogP contribution is -2.28. The molecule has 146 valence electrons. The Balaban J connectivity index is 2.70. The molecule has 0 spiro atoms. The van der Waals surface area contributed by atoms with Crippen LogP contribution in [0.4, 0.5) is 5.69 Å². The lowest BCUT2D eigenvalue weighted by atomic mass is 9.88. The second-order valence-electron chi connectivity index (χ2n) is 7.56. The molecule has 0 atom stereocenters. The highest BCUT2D eigenvalue weighted by atomic mass is 79.9. The number of ether oxygens (including phenoxy) is 2. The largest absolute Gasteiger partial charge is 0.487 e. The number of benzene rings is 1. The highest BCUT2D eigenvalue weighted by molar-refractivity contribution is 9.10. The summed E-state index contributed by atoms with van der Waals surface area (Å²) in [6, 6.07) is 1.81. The molecule has 0 N–H and O–H groups in total. The summed E-state index contributed by atoms with van der Waals surface area (Å²) in [4.78, 5) is 23.1. The normalized spacial score (nSPS) is 11.5. The van der Waals surface area contributed by atoms with Gasteiger partial charge in [0.2, 0.25) is 0 Å². The summed E-state index contributed by atoms with van der Waals surface area (Å²) in [6.07, 6.45) is 1.17. The summed E-state index contributed by atoms with van der Waals surface area (Å²) in [5, 5.41) is 11.4. The first-order valence-corrected chi connectivity index (χ1v) is 9.50. The third-order valence-corrected chi connectivity index (χ3v) is 4.93. The van der Waals surface area contributed by atoms with Gasteiger partial charge in [0.1, 0.15) is 0 Å². The van der Waals surface area contributed by atoms with E-state index < -0.39 is 10.3 Å². The van der Waals surface area contributed by atoms with Crippen LogP contribution in [0.5, 0.6) is 5.75 Å². The van der Waals surface area contributed by atoms with Gasteiger partial charge in [-0.3, -0.25) is 14.9 Å². The molecule has 0 aromatic heterocycles. The van der Waals surface area contributed by atoms with E-state index in [-0.39, 0.29) is 17.4 Å². The minimum Gasteiger partial charge on any atom is -0.487 e. The minimum absolute atomic E-state index is 0.0209. The summed E-state index contributed by atoms with van der Waals surface area (Å²) in [5.74, 6) is 0.353. The Kier molecular flexibility index (Phi) is 8.06. The number of carbonyl (C=O) groups excluding carboxylic acids is 1. The zero-order chi connectivity index (χ0) is 20.1. The summed E-state index contributed by atoms with van der Waals surface area (Å²) in [7, 11) is 0. The first-order valence-electron chi connectivity index (χ1n) is 8.71. The average Bonchev–Trinajstić information content (AvgIpc) is 2.52. The number of carbonyl (C=O) groups is 1. The van der Waals surface area contributed by atoms with Gasteiger partial charge in [-0.05, 0) is 58.1 Å². The van der Waals surface area contributed by atoms with Crippen molar-refractivity contribution in [1.82, 2.24) is 0 Å². The Morgan fingerprint density at radius 3 is 2.50 bits per heavy atom. The number of hydrogen-bond acceptors (Lipinski definition) is 5. The molecule has 0 radical (unpaired) electrons. The molecule has 0 saturated carbocycles. The number of nitro groups is 1. The van der Waals surface area contributed by atoms with Crippen LogP contribution in [0.1, 0.15) is 51.7 Å². The van der Waals surface area contributed by atoms with Crippen LogP contribution in [0.25, 0.3) is 0 Å². The predicted octanol–water partition coefficient (Wildman–Crippen LogP) is 5.36. The quantitative estimate of drug-likeness (QED) is 0.228. The first-order chi connectivity index (χ1) is 12.0. The Morgan fingerprint density at radius 1 is 1.35 bits per heavy atom. The molecule has 26 heavy (non-hydrogen) atoms. The van der Waals surface area contributed by atoms with Crippen molar-refractivity contribution in [2.45, 2.75) is 54.4 Å². The van der Waals surface area contributed by atoms with E-state index in [9.17, 15) is 14.9 Å². The van der Waals surface area contributed by atoms with Crippen LogP contribution in [-0.2, 0) is 9.53 Å². The molecule has 0 heterocycles. The third kappa shape index (κ3) is 5.97. The maximum atomic E-state index is 12.2. The molecule has 0 aliphatic carbocycles. The van der Waals surface area contributed by atoms with Crippen LogP contribution in [0.2, 0.25) is 0 Å². The second kappa shape index (κ2) is 9.35. The van der Waals surface area contributed by atoms with Crippen LogP contribution in [0.15, 0.2) is 10.5 Å². The van der Waals surface area contributed by atoms with E-state index in [0.717, 1.165) is 0 Å². The van der Waals surface area contributed by atoms with Gasteiger partial charge in [0.25, 0.3) is 0 Å². The van der Waals surface area contributed by atoms with Gasteiger partial charge in [0.05, 0.1) is 23.6 Å². The van der Waals surface area contributed by atoms with Gasteiger partial charge in [-0.1, -0.05) is 29.8 Å². The number of aryl methyl sites for hydroxylation is 1. The predicted molar refractivity (Wildman–Crippen MR) is 105 cm³/mol. The van der Waals surface area contributed by atoms with Crippen LogP contribution >= 0.6 is 15.9 Å². The Hall–Kier alpha value is -1.63. The van der Waals surface area contributed by atoms with Crippen molar-refractivity contribution >= 4 is 27.6 Å². The number of esters is 1. The van der Waals surface area contributed by atoms with Gasteiger partial charge < -0.3 is 9.47 Å². The summed E-state index contributed by atoms with van der Waals surface area (Å²) in [5.41, 5.74) is 0.597. The molecule has 0 fully saturated rings. The van der Waals surface area contributed by atoms with Crippen LogP contribution in [0.3, 0.4) is 0 Å². The SMILES string of the molecule is Cc1cc(Br)c(C)c([N+](=O)[O-])c1OCCCC(C)(C)C(=O)OCC(C)C. The van der Waals surface area contributed by atoms with Crippen molar-refractivity contribution in [2.24, 2.45) is 11.3 Å². The van der Waals surface area contributed by atoms with Crippen LogP contribution in [-0.4, -0.2) is 24.1 Å². The van der Waals surface area contributed by atoms with Gasteiger partial charge >= 0.3 is 11.7 Å². The number of halogens is 1. The lowest BCUT2D eigenvalue weighted by Gasteiger charge is -2.23. The number of nitro benzene ring substituents is 1. The van der Waals surface area contributed by atoms with Crippen molar-refractivity contribution in [2.75, 3.05) is 13.2 Å². The maximum Gasteiger partial charge on any atom is 0.315 e. The molecule has 0 bridgehead atoms. The number of rotatable bonds is 9. The molecule has 7 heteroatoms. The summed E-state index contributed by atoms with van der Waals surface area (Å²) < 4.78 is 11.7. The molecule has 0 unspecified atom stereocenters. The van der Waals surface area contributed by atoms with E-state index >= 15 is 0 Å². The molecule has 0 amide bonds. The van der Waals surface area contributed by atoms with Gasteiger partial charge in [-0.15, -0.1) is 0 Å². The Labute approximate surface area is 163 Å². The van der Waals surface area contributed by atoms with Gasteiger partial charge in [0.15, 0.2) is 5.75 Å². The molecular formula is C19H28BrNO5. The highest BCUT2D eigenvalue weighted by Gasteiger charge is 2.29. The van der Waals surface area contributed by atoms with Crippen molar-refractivity contribution in [3.05, 3.63) is 31.8 Å². The zero-order valence-electron chi connectivity index (χ0n) is 16.3. The smallest absolute Gasteiger partial charge is 0.315 e. The average molecular weight is 430 g/mol. The fourth-order valence-electron chi connectivity index (χ4n) is 2.46.